The van der Waals surface area contributed by atoms with Crippen molar-refractivity contribution in [2.24, 2.45) is 0 Å². The summed E-state index contributed by atoms with van der Waals surface area (Å²) in [6.07, 6.45) is -1.37. The Balaban J connectivity index is 2.10. The number of amides is 1. The molecule has 1 amide bonds. The Morgan fingerprint density at radius 3 is 2.69 bits per heavy atom. The van der Waals surface area contributed by atoms with Crippen LogP contribution in [0.4, 0.5) is 0 Å². The van der Waals surface area contributed by atoms with Crippen LogP contribution in [0.3, 0.4) is 0 Å². The molecule has 16 heavy (non-hydrogen) atoms. The highest BCUT2D eigenvalue weighted by Crippen LogP contribution is 2.37. The molecule has 2 rings (SSSR count). The average molecular weight is 231 g/mol. The minimum Gasteiger partial charge on any atom is -0.394 e. The summed E-state index contributed by atoms with van der Waals surface area (Å²) in [5.41, 5.74) is 0. The van der Waals surface area contributed by atoms with Gasteiger partial charge in [0.2, 0.25) is 5.91 Å². The second kappa shape index (κ2) is 3.96. The number of ether oxygens (including phenoxy) is 3. The van der Waals surface area contributed by atoms with Gasteiger partial charge in [0.25, 0.3) is 0 Å². The van der Waals surface area contributed by atoms with E-state index < -0.39 is 18.2 Å². The standard InChI is InChI=1S/C10H17NO5/c1-5(13)11-7-6(4-12)14-9-8(7)15-10(2,3)16-9/h6-9,12H,4H2,1-3H3,(H,11,13)/t6-,7-,8-,9-/m1/s1. The van der Waals surface area contributed by atoms with Crippen molar-refractivity contribution in [1.29, 1.82) is 0 Å². The monoisotopic (exact) mass is 231 g/mol. The molecule has 0 saturated carbocycles. The second-order valence-corrected chi connectivity index (χ2v) is 4.55. The van der Waals surface area contributed by atoms with Gasteiger partial charge in [-0.3, -0.25) is 4.79 Å². The fraction of sp³-hybridized carbons (Fsp3) is 0.900. The van der Waals surface area contributed by atoms with E-state index in [1.165, 1.54) is 6.92 Å². The molecule has 0 bridgehead atoms. The minimum absolute atomic E-state index is 0.176. The number of aliphatic hydroxyl groups excluding tert-OH is 1. The second-order valence-electron chi connectivity index (χ2n) is 4.55. The maximum absolute atomic E-state index is 11.1. The fourth-order valence-electron chi connectivity index (χ4n) is 2.14. The zero-order valence-corrected chi connectivity index (χ0v) is 9.60. The quantitative estimate of drug-likeness (QED) is 0.661. The molecule has 2 heterocycles. The maximum atomic E-state index is 11.1. The van der Waals surface area contributed by atoms with Crippen molar-refractivity contribution in [3.63, 3.8) is 0 Å². The highest BCUT2D eigenvalue weighted by atomic mass is 16.8. The zero-order chi connectivity index (χ0) is 11.9. The Morgan fingerprint density at radius 2 is 2.12 bits per heavy atom. The molecule has 0 aromatic heterocycles. The fourth-order valence-corrected chi connectivity index (χ4v) is 2.14. The molecule has 2 N–H and O–H groups in total. The largest absolute Gasteiger partial charge is 0.394 e. The van der Waals surface area contributed by atoms with Crippen LogP contribution in [0, 0.1) is 0 Å². The predicted molar refractivity (Wildman–Crippen MR) is 53.4 cm³/mol. The van der Waals surface area contributed by atoms with Crippen molar-refractivity contribution in [1.82, 2.24) is 5.32 Å². The van der Waals surface area contributed by atoms with Gasteiger partial charge in [0.05, 0.1) is 12.6 Å². The van der Waals surface area contributed by atoms with Gasteiger partial charge in [-0.05, 0) is 13.8 Å². The molecule has 0 unspecified atom stereocenters. The van der Waals surface area contributed by atoms with Crippen LogP contribution < -0.4 is 5.32 Å². The van der Waals surface area contributed by atoms with E-state index in [0.29, 0.717) is 0 Å². The van der Waals surface area contributed by atoms with Crippen molar-refractivity contribution < 1.29 is 24.1 Å². The molecule has 2 aliphatic heterocycles. The van der Waals surface area contributed by atoms with Gasteiger partial charge in [0, 0.05) is 6.92 Å². The molecule has 92 valence electrons. The topological polar surface area (TPSA) is 77.0 Å². The Bertz CT molecular complexity index is 293. The van der Waals surface area contributed by atoms with Gasteiger partial charge in [-0.25, -0.2) is 0 Å². The van der Waals surface area contributed by atoms with E-state index in [9.17, 15) is 4.79 Å². The first-order chi connectivity index (χ1) is 7.43. The summed E-state index contributed by atoms with van der Waals surface area (Å²) in [7, 11) is 0. The Kier molecular flexibility index (Phi) is 2.91. The first-order valence-electron chi connectivity index (χ1n) is 5.32. The molecule has 0 radical (unpaired) electrons. The smallest absolute Gasteiger partial charge is 0.217 e. The molecule has 6 heteroatoms. The van der Waals surface area contributed by atoms with E-state index in [0.717, 1.165) is 0 Å². The van der Waals surface area contributed by atoms with Crippen molar-refractivity contribution in [3.05, 3.63) is 0 Å². The lowest BCUT2D eigenvalue weighted by atomic mass is 10.1. The van der Waals surface area contributed by atoms with Crippen molar-refractivity contribution in [2.45, 2.75) is 51.1 Å². The summed E-state index contributed by atoms with van der Waals surface area (Å²) < 4.78 is 16.6. The highest BCUT2D eigenvalue weighted by Gasteiger charge is 2.54. The van der Waals surface area contributed by atoms with E-state index in [-0.39, 0.29) is 24.7 Å². The average Bonchev–Trinajstić information content (AvgIpc) is 2.59. The number of carbonyl (C=O) groups excluding carboxylic acids is 1. The molecule has 4 atom stereocenters. The maximum Gasteiger partial charge on any atom is 0.217 e. The number of fused-ring (bicyclic) bond motifs is 1. The SMILES string of the molecule is CC(=O)N[C@H]1[C@H]2OC(C)(C)O[C@H]2O[C@@H]1CO. The first kappa shape index (κ1) is 11.8. The van der Waals surface area contributed by atoms with E-state index in [1.807, 2.05) is 0 Å². The summed E-state index contributed by atoms with van der Waals surface area (Å²) in [6, 6.07) is -0.366. The lowest BCUT2D eigenvalue weighted by molar-refractivity contribution is -0.210. The summed E-state index contributed by atoms with van der Waals surface area (Å²) in [4.78, 5) is 11.1. The molecule has 2 fully saturated rings. The first-order valence-corrected chi connectivity index (χ1v) is 5.32. The molecule has 2 aliphatic rings. The van der Waals surface area contributed by atoms with E-state index in [4.69, 9.17) is 19.3 Å². The molecule has 6 nitrogen and oxygen atoms in total. The third kappa shape index (κ3) is 2.06. The lowest BCUT2D eigenvalue weighted by Gasteiger charge is -2.25. The van der Waals surface area contributed by atoms with Crippen LogP contribution in [-0.4, -0.2) is 47.9 Å². The molecule has 0 spiro atoms. The molecule has 0 aromatic carbocycles. The van der Waals surface area contributed by atoms with Gasteiger partial charge in [-0.15, -0.1) is 0 Å². The number of rotatable bonds is 2. The van der Waals surface area contributed by atoms with Crippen LogP contribution in [0.1, 0.15) is 20.8 Å². The van der Waals surface area contributed by atoms with Gasteiger partial charge in [-0.2, -0.15) is 0 Å². The Morgan fingerprint density at radius 1 is 1.44 bits per heavy atom. The lowest BCUT2D eigenvalue weighted by Crippen LogP contribution is -2.48. The van der Waals surface area contributed by atoms with E-state index >= 15 is 0 Å². The van der Waals surface area contributed by atoms with Gasteiger partial charge >= 0.3 is 0 Å². The van der Waals surface area contributed by atoms with E-state index in [2.05, 4.69) is 5.32 Å². The van der Waals surface area contributed by atoms with Crippen LogP contribution in [0.15, 0.2) is 0 Å². The van der Waals surface area contributed by atoms with Crippen LogP contribution in [-0.2, 0) is 19.0 Å². The third-order valence-corrected chi connectivity index (χ3v) is 2.70. The van der Waals surface area contributed by atoms with Crippen LogP contribution in [0.2, 0.25) is 0 Å². The summed E-state index contributed by atoms with van der Waals surface area (Å²) >= 11 is 0. The number of hydrogen-bond donors (Lipinski definition) is 2. The van der Waals surface area contributed by atoms with Gasteiger partial charge in [-0.1, -0.05) is 0 Å². The normalized spacial score (nSPS) is 40.8. The number of hydrogen-bond acceptors (Lipinski definition) is 5. The molecule has 0 aromatic rings. The highest BCUT2D eigenvalue weighted by molar-refractivity contribution is 5.73. The van der Waals surface area contributed by atoms with Gasteiger partial charge < -0.3 is 24.6 Å². The molecular weight excluding hydrogens is 214 g/mol. The summed E-state index contributed by atoms with van der Waals surface area (Å²) in [5.74, 6) is -0.895. The van der Waals surface area contributed by atoms with Crippen LogP contribution >= 0.6 is 0 Å². The van der Waals surface area contributed by atoms with Crippen LogP contribution in [0.25, 0.3) is 0 Å². The Labute approximate surface area is 93.9 Å². The Hall–Kier alpha value is -0.690. The van der Waals surface area contributed by atoms with Crippen LogP contribution in [0.5, 0.6) is 0 Å². The molecule has 2 saturated heterocycles. The van der Waals surface area contributed by atoms with E-state index in [1.54, 1.807) is 13.8 Å². The zero-order valence-electron chi connectivity index (χ0n) is 9.60. The molecular formula is C10H17NO5. The third-order valence-electron chi connectivity index (χ3n) is 2.70. The number of nitrogens with one attached hydrogen (secondary N) is 1. The van der Waals surface area contributed by atoms with Gasteiger partial charge in [0.1, 0.15) is 12.2 Å². The number of carbonyl (C=O) groups is 1. The predicted octanol–water partition coefficient (Wildman–Crippen LogP) is -0.640. The molecule has 0 aliphatic carbocycles. The van der Waals surface area contributed by atoms with Crippen molar-refractivity contribution in [2.75, 3.05) is 6.61 Å². The summed E-state index contributed by atoms with van der Waals surface area (Å²) in [6.45, 7) is 4.81. The van der Waals surface area contributed by atoms with Gasteiger partial charge in [0.15, 0.2) is 12.1 Å². The number of aliphatic hydroxyl groups is 1. The summed E-state index contributed by atoms with van der Waals surface area (Å²) in [5, 5.41) is 11.9. The van der Waals surface area contributed by atoms with Crippen molar-refractivity contribution in [3.8, 4) is 0 Å². The minimum atomic E-state index is -0.716. The van der Waals surface area contributed by atoms with Crippen molar-refractivity contribution >= 4 is 5.91 Å².